The largest absolute Gasteiger partial charge is 0.481 e. The third-order valence-electron chi connectivity index (χ3n) is 3.63. The maximum absolute atomic E-state index is 12.3. The molecule has 0 radical (unpaired) electrons. The van der Waals surface area contributed by atoms with Gasteiger partial charge >= 0.3 is 5.97 Å². The Morgan fingerprint density at radius 3 is 2.35 bits per heavy atom. The summed E-state index contributed by atoms with van der Waals surface area (Å²) in [5.41, 5.74) is 1.61. The second-order valence-electron chi connectivity index (χ2n) is 5.46. The van der Waals surface area contributed by atoms with E-state index in [1.165, 1.54) is 0 Å². The number of carbonyl (C=O) groups excluding carboxylic acids is 2. The van der Waals surface area contributed by atoms with E-state index in [0.29, 0.717) is 11.1 Å². The Balaban J connectivity index is 2.31. The molecule has 2 amide bonds. The summed E-state index contributed by atoms with van der Waals surface area (Å²) in [6, 6.07) is 5.06. The van der Waals surface area contributed by atoms with Crippen LogP contribution in [-0.2, 0) is 4.79 Å². The van der Waals surface area contributed by atoms with Crippen molar-refractivity contribution in [2.75, 3.05) is 6.54 Å². The van der Waals surface area contributed by atoms with Crippen LogP contribution in [0.3, 0.4) is 0 Å². The number of amides is 2. The van der Waals surface area contributed by atoms with Crippen molar-refractivity contribution >= 4 is 17.8 Å². The standard InChI is InChI=1S/C15H17NO4/c1-8(2)12(15(19)20)7-16-13(17)10-5-4-9(3)6-11(10)14(16)18/h4-6,8,12H,7H2,1-3H3,(H,19,20). The molecule has 0 aromatic heterocycles. The van der Waals surface area contributed by atoms with Crippen molar-refractivity contribution in [3.8, 4) is 0 Å². The first-order chi connectivity index (χ1) is 9.32. The molecule has 1 aromatic rings. The monoisotopic (exact) mass is 275 g/mol. The van der Waals surface area contributed by atoms with Crippen molar-refractivity contribution in [3.05, 3.63) is 34.9 Å². The Labute approximate surface area is 117 Å². The minimum atomic E-state index is -0.993. The van der Waals surface area contributed by atoms with Crippen molar-refractivity contribution in [1.29, 1.82) is 0 Å². The van der Waals surface area contributed by atoms with Gasteiger partial charge in [0.25, 0.3) is 11.8 Å². The number of rotatable bonds is 4. The molecule has 1 aromatic carbocycles. The number of nitrogens with zero attached hydrogens (tertiary/aromatic N) is 1. The molecule has 0 bridgehead atoms. The zero-order valence-electron chi connectivity index (χ0n) is 11.7. The summed E-state index contributed by atoms with van der Waals surface area (Å²) in [5, 5.41) is 9.19. The van der Waals surface area contributed by atoms with E-state index in [1.807, 2.05) is 6.92 Å². The van der Waals surface area contributed by atoms with E-state index in [0.717, 1.165) is 10.5 Å². The highest BCUT2D eigenvalue weighted by Crippen LogP contribution is 2.26. The number of fused-ring (bicyclic) bond motifs is 1. The van der Waals surface area contributed by atoms with Crippen LogP contribution in [0.25, 0.3) is 0 Å². The number of benzene rings is 1. The molecule has 106 valence electrons. The van der Waals surface area contributed by atoms with Gasteiger partial charge in [-0.1, -0.05) is 25.5 Å². The molecule has 0 spiro atoms. The molecule has 0 saturated carbocycles. The van der Waals surface area contributed by atoms with Crippen LogP contribution < -0.4 is 0 Å². The van der Waals surface area contributed by atoms with Crippen molar-refractivity contribution in [1.82, 2.24) is 4.90 Å². The normalized spacial score (nSPS) is 15.7. The average Bonchev–Trinajstić information content (AvgIpc) is 2.58. The summed E-state index contributed by atoms with van der Waals surface area (Å²) in [7, 11) is 0. The predicted molar refractivity (Wildman–Crippen MR) is 72.5 cm³/mol. The van der Waals surface area contributed by atoms with Gasteiger partial charge in [0, 0.05) is 6.54 Å². The molecular weight excluding hydrogens is 258 g/mol. The van der Waals surface area contributed by atoms with Gasteiger partial charge in [-0.25, -0.2) is 0 Å². The average molecular weight is 275 g/mol. The smallest absolute Gasteiger partial charge is 0.308 e. The molecule has 20 heavy (non-hydrogen) atoms. The summed E-state index contributed by atoms with van der Waals surface area (Å²) in [5.74, 6) is -2.71. The second kappa shape index (κ2) is 5.07. The Kier molecular flexibility index (Phi) is 3.61. The lowest BCUT2D eigenvalue weighted by Gasteiger charge is -2.21. The summed E-state index contributed by atoms with van der Waals surface area (Å²) >= 11 is 0. The first-order valence-corrected chi connectivity index (χ1v) is 6.52. The fraction of sp³-hybridized carbons (Fsp3) is 0.400. The van der Waals surface area contributed by atoms with Crippen LogP contribution in [0.4, 0.5) is 0 Å². The van der Waals surface area contributed by atoms with Gasteiger partial charge in [-0.05, 0) is 25.0 Å². The SMILES string of the molecule is Cc1ccc2c(c1)C(=O)N(CC(C(=O)O)C(C)C)C2=O. The lowest BCUT2D eigenvalue weighted by molar-refractivity contribution is -0.143. The minimum Gasteiger partial charge on any atom is -0.481 e. The van der Waals surface area contributed by atoms with Gasteiger partial charge in [-0.15, -0.1) is 0 Å². The molecule has 5 heteroatoms. The molecule has 1 aliphatic rings. The number of carboxylic acids is 1. The van der Waals surface area contributed by atoms with E-state index in [9.17, 15) is 19.5 Å². The third-order valence-corrected chi connectivity index (χ3v) is 3.63. The van der Waals surface area contributed by atoms with Gasteiger partial charge in [0.05, 0.1) is 17.0 Å². The fourth-order valence-corrected chi connectivity index (χ4v) is 2.34. The van der Waals surface area contributed by atoms with Gasteiger partial charge in [0.1, 0.15) is 0 Å². The van der Waals surface area contributed by atoms with Crippen molar-refractivity contribution in [2.24, 2.45) is 11.8 Å². The van der Waals surface area contributed by atoms with Gasteiger partial charge < -0.3 is 5.11 Å². The highest BCUT2D eigenvalue weighted by molar-refractivity contribution is 6.21. The first-order valence-electron chi connectivity index (χ1n) is 6.52. The van der Waals surface area contributed by atoms with E-state index in [1.54, 1.807) is 32.0 Å². The van der Waals surface area contributed by atoms with Gasteiger partial charge in [0.2, 0.25) is 0 Å². The number of imide groups is 1. The number of hydrogen-bond donors (Lipinski definition) is 1. The molecular formula is C15H17NO4. The lowest BCUT2D eigenvalue weighted by atomic mass is 9.95. The molecule has 0 aliphatic carbocycles. The molecule has 1 unspecified atom stereocenters. The zero-order chi connectivity index (χ0) is 15.0. The Bertz CT molecular complexity index is 592. The Hall–Kier alpha value is -2.17. The quantitative estimate of drug-likeness (QED) is 0.852. The maximum Gasteiger partial charge on any atom is 0.308 e. The molecule has 1 N–H and O–H groups in total. The van der Waals surface area contributed by atoms with Gasteiger partial charge in [-0.3, -0.25) is 19.3 Å². The topological polar surface area (TPSA) is 74.7 Å². The van der Waals surface area contributed by atoms with Gasteiger partial charge in [0.15, 0.2) is 0 Å². The van der Waals surface area contributed by atoms with Crippen molar-refractivity contribution in [3.63, 3.8) is 0 Å². The summed E-state index contributed by atoms with van der Waals surface area (Å²) in [6.45, 7) is 5.29. The number of carbonyl (C=O) groups is 3. The van der Waals surface area contributed by atoms with Crippen LogP contribution in [0.5, 0.6) is 0 Å². The second-order valence-corrected chi connectivity index (χ2v) is 5.46. The Morgan fingerprint density at radius 2 is 1.80 bits per heavy atom. The maximum atomic E-state index is 12.3. The highest BCUT2D eigenvalue weighted by atomic mass is 16.4. The molecule has 1 aliphatic heterocycles. The van der Waals surface area contributed by atoms with Crippen LogP contribution in [0, 0.1) is 18.8 Å². The van der Waals surface area contributed by atoms with Crippen LogP contribution in [0.1, 0.15) is 40.1 Å². The zero-order valence-corrected chi connectivity index (χ0v) is 11.7. The number of hydrogen-bond acceptors (Lipinski definition) is 3. The molecule has 1 atom stereocenters. The minimum absolute atomic E-state index is 0.0849. The van der Waals surface area contributed by atoms with Crippen LogP contribution in [0.2, 0.25) is 0 Å². The molecule has 1 heterocycles. The number of aryl methyl sites for hydroxylation is 1. The number of carboxylic acid groups (broad SMARTS) is 1. The van der Waals surface area contributed by atoms with Crippen LogP contribution >= 0.6 is 0 Å². The van der Waals surface area contributed by atoms with E-state index >= 15 is 0 Å². The summed E-state index contributed by atoms with van der Waals surface area (Å²) in [4.78, 5) is 36.7. The van der Waals surface area contributed by atoms with E-state index in [2.05, 4.69) is 0 Å². The molecule has 5 nitrogen and oxygen atoms in total. The summed E-state index contributed by atoms with van der Waals surface area (Å²) in [6.07, 6.45) is 0. The van der Waals surface area contributed by atoms with E-state index in [4.69, 9.17) is 0 Å². The fourth-order valence-electron chi connectivity index (χ4n) is 2.34. The van der Waals surface area contributed by atoms with Crippen molar-refractivity contribution in [2.45, 2.75) is 20.8 Å². The van der Waals surface area contributed by atoms with Crippen molar-refractivity contribution < 1.29 is 19.5 Å². The predicted octanol–water partition coefficient (Wildman–Crippen LogP) is 1.95. The number of aliphatic carboxylic acids is 1. The van der Waals surface area contributed by atoms with E-state index < -0.39 is 23.7 Å². The van der Waals surface area contributed by atoms with Gasteiger partial charge in [-0.2, -0.15) is 0 Å². The first kappa shape index (κ1) is 14.2. The Morgan fingerprint density at radius 1 is 1.20 bits per heavy atom. The third kappa shape index (κ3) is 2.31. The van der Waals surface area contributed by atoms with Crippen LogP contribution in [-0.4, -0.2) is 34.3 Å². The molecule has 2 rings (SSSR count). The highest BCUT2D eigenvalue weighted by Gasteiger charge is 2.38. The molecule has 0 fully saturated rings. The van der Waals surface area contributed by atoms with Crippen LogP contribution in [0.15, 0.2) is 18.2 Å². The summed E-state index contributed by atoms with van der Waals surface area (Å²) < 4.78 is 0. The lowest BCUT2D eigenvalue weighted by Crippen LogP contribution is -2.39. The molecule has 0 saturated heterocycles. The van der Waals surface area contributed by atoms with E-state index in [-0.39, 0.29) is 12.5 Å².